The molecule has 0 radical (unpaired) electrons. The summed E-state index contributed by atoms with van der Waals surface area (Å²) in [6, 6.07) is 6.98. The molecule has 0 spiro atoms. The fourth-order valence-corrected chi connectivity index (χ4v) is 2.97. The van der Waals surface area contributed by atoms with E-state index < -0.39 is 16.6 Å². The molecule has 20 heavy (non-hydrogen) atoms. The lowest BCUT2D eigenvalue weighted by atomic mass is 10.0. The standard InChI is InChI=1S/C15H14O4S/c1-9-4-6-11(7-5-9)20(18)13-8-12(16)10(2)15(19-3)14(13)17/h4-8H,1-3H3. The number of rotatable bonds is 3. The van der Waals surface area contributed by atoms with E-state index in [1.165, 1.54) is 14.0 Å². The lowest BCUT2D eigenvalue weighted by molar-refractivity contribution is -0.117. The molecule has 0 aromatic heterocycles. The van der Waals surface area contributed by atoms with Crippen molar-refractivity contribution in [2.24, 2.45) is 0 Å². The summed E-state index contributed by atoms with van der Waals surface area (Å²) in [7, 11) is -0.368. The molecular formula is C15H14O4S. The molecule has 1 aliphatic rings. The number of benzene rings is 1. The highest BCUT2D eigenvalue weighted by Gasteiger charge is 2.31. The quantitative estimate of drug-likeness (QED) is 0.799. The van der Waals surface area contributed by atoms with Crippen molar-refractivity contribution < 1.29 is 18.5 Å². The Kier molecular flexibility index (Phi) is 3.99. The molecule has 1 aromatic carbocycles. The Morgan fingerprint density at radius 1 is 1.05 bits per heavy atom. The van der Waals surface area contributed by atoms with Crippen molar-refractivity contribution in [2.45, 2.75) is 18.7 Å². The number of hydrogen-bond donors (Lipinski definition) is 0. The summed E-state index contributed by atoms with van der Waals surface area (Å²) in [6.45, 7) is 3.43. The molecule has 104 valence electrons. The number of ether oxygens (including phenoxy) is 1. The molecule has 0 N–H and O–H groups in total. The van der Waals surface area contributed by atoms with Crippen molar-refractivity contribution in [3.05, 3.63) is 52.1 Å². The predicted octanol–water partition coefficient (Wildman–Crippen LogP) is 2.06. The molecule has 4 nitrogen and oxygen atoms in total. The summed E-state index contributed by atoms with van der Waals surface area (Å²) in [5.41, 5.74) is 1.27. The number of methoxy groups -OCH3 is 1. The highest BCUT2D eigenvalue weighted by Crippen LogP contribution is 2.25. The number of hydrogen-bond acceptors (Lipinski definition) is 4. The monoisotopic (exact) mass is 290 g/mol. The summed E-state index contributed by atoms with van der Waals surface area (Å²) in [5.74, 6) is -0.881. The first-order valence-electron chi connectivity index (χ1n) is 5.99. The van der Waals surface area contributed by atoms with Crippen LogP contribution >= 0.6 is 0 Å². The van der Waals surface area contributed by atoms with E-state index in [1.807, 2.05) is 6.92 Å². The van der Waals surface area contributed by atoms with Crippen LogP contribution in [-0.2, 0) is 25.1 Å². The van der Waals surface area contributed by atoms with E-state index in [9.17, 15) is 13.8 Å². The molecule has 1 aromatic rings. The van der Waals surface area contributed by atoms with Gasteiger partial charge in [0.1, 0.15) is 0 Å². The van der Waals surface area contributed by atoms with E-state index in [1.54, 1.807) is 24.3 Å². The van der Waals surface area contributed by atoms with Crippen LogP contribution in [0.3, 0.4) is 0 Å². The van der Waals surface area contributed by atoms with E-state index in [-0.39, 0.29) is 22.0 Å². The molecule has 0 aliphatic heterocycles. The second-order valence-electron chi connectivity index (χ2n) is 4.44. The SMILES string of the molecule is COC1=C(C)C(=O)C=C(S(=O)c2ccc(C)cc2)C1=O. The van der Waals surface area contributed by atoms with E-state index >= 15 is 0 Å². The number of carbonyl (C=O) groups excluding carboxylic acids is 2. The van der Waals surface area contributed by atoms with E-state index in [0.717, 1.165) is 11.6 Å². The average Bonchev–Trinajstić information content (AvgIpc) is 2.43. The smallest absolute Gasteiger partial charge is 0.237 e. The third kappa shape index (κ3) is 2.49. The fraction of sp³-hybridized carbons (Fsp3) is 0.200. The van der Waals surface area contributed by atoms with Gasteiger partial charge in [-0.2, -0.15) is 0 Å². The highest BCUT2D eigenvalue weighted by molar-refractivity contribution is 7.90. The van der Waals surface area contributed by atoms with Crippen LogP contribution in [0.25, 0.3) is 0 Å². The maximum Gasteiger partial charge on any atom is 0.237 e. The van der Waals surface area contributed by atoms with Gasteiger partial charge in [-0.25, -0.2) is 4.21 Å². The second-order valence-corrected chi connectivity index (χ2v) is 5.89. The molecule has 0 saturated carbocycles. The van der Waals surface area contributed by atoms with Crippen LogP contribution in [0.2, 0.25) is 0 Å². The molecule has 0 heterocycles. The maximum atomic E-state index is 12.4. The molecule has 2 rings (SSSR count). The van der Waals surface area contributed by atoms with Crippen LogP contribution in [-0.4, -0.2) is 22.9 Å². The molecule has 1 unspecified atom stereocenters. The first-order valence-corrected chi connectivity index (χ1v) is 7.14. The van der Waals surface area contributed by atoms with Gasteiger partial charge in [0.15, 0.2) is 11.5 Å². The minimum absolute atomic E-state index is 0.0343. The van der Waals surface area contributed by atoms with Gasteiger partial charge in [0.25, 0.3) is 0 Å². The zero-order chi connectivity index (χ0) is 14.9. The van der Waals surface area contributed by atoms with Gasteiger partial charge in [0.05, 0.1) is 22.8 Å². The normalized spacial score (nSPS) is 17.1. The Hall–Kier alpha value is -2.01. The van der Waals surface area contributed by atoms with Crippen molar-refractivity contribution in [3.63, 3.8) is 0 Å². The van der Waals surface area contributed by atoms with Gasteiger partial charge in [-0.3, -0.25) is 9.59 Å². The van der Waals surface area contributed by atoms with Crippen molar-refractivity contribution in [1.82, 2.24) is 0 Å². The van der Waals surface area contributed by atoms with Crippen LogP contribution in [0, 0.1) is 6.92 Å². The molecule has 0 saturated heterocycles. The summed E-state index contributed by atoms with van der Waals surface area (Å²) in [4.78, 5) is 24.4. The van der Waals surface area contributed by atoms with Gasteiger partial charge in [0, 0.05) is 16.5 Å². The van der Waals surface area contributed by atoms with Crippen LogP contribution in [0.4, 0.5) is 0 Å². The Bertz CT molecular complexity index is 666. The van der Waals surface area contributed by atoms with Gasteiger partial charge >= 0.3 is 0 Å². The van der Waals surface area contributed by atoms with Crippen molar-refractivity contribution >= 4 is 22.4 Å². The Balaban J connectivity index is 2.41. The van der Waals surface area contributed by atoms with Crippen molar-refractivity contribution in [2.75, 3.05) is 7.11 Å². The molecule has 1 aliphatic carbocycles. The van der Waals surface area contributed by atoms with Gasteiger partial charge in [-0.1, -0.05) is 17.7 Å². The molecule has 0 bridgehead atoms. The summed E-state index contributed by atoms with van der Waals surface area (Å²) in [6.07, 6.45) is 1.14. The molecule has 5 heteroatoms. The molecule has 0 amide bonds. The topological polar surface area (TPSA) is 60.4 Å². The number of aryl methyl sites for hydroxylation is 1. The number of allylic oxidation sites excluding steroid dienone is 3. The first kappa shape index (κ1) is 14.4. The van der Waals surface area contributed by atoms with Gasteiger partial charge in [-0.05, 0) is 26.0 Å². The van der Waals surface area contributed by atoms with E-state index in [2.05, 4.69) is 0 Å². The molecule has 1 atom stereocenters. The minimum atomic E-state index is -1.69. The van der Waals surface area contributed by atoms with Crippen molar-refractivity contribution in [3.8, 4) is 0 Å². The van der Waals surface area contributed by atoms with Gasteiger partial charge < -0.3 is 4.74 Å². The van der Waals surface area contributed by atoms with Crippen molar-refractivity contribution in [1.29, 1.82) is 0 Å². The Morgan fingerprint density at radius 2 is 1.65 bits per heavy atom. The highest BCUT2D eigenvalue weighted by atomic mass is 32.2. The summed E-state index contributed by atoms with van der Waals surface area (Å²) < 4.78 is 17.4. The zero-order valence-corrected chi connectivity index (χ0v) is 12.2. The zero-order valence-electron chi connectivity index (χ0n) is 11.4. The lowest BCUT2D eigenvalue weighted by Gasteiger charge is -2.15. The third-order valence-corrected chi connectivity index (χ3v) is 4.44. The predicted molar refractivity (Wildman–Crippen MR) is 75.4 cm³/mol. The minimum Gasteiger partial charge on any atom is -0.492 e. The first-order chi connectivity index (χ1) is 9.45. The lowest BCUT2D eigenvalue weighted by Crippen LogP contribution is -2.21. The molecular weight excluding hydrogens is 276 g/mol. The average molecular weight is 290 g/mol. The van der Waals surface area contributed by atoms with Gasteiger partial charge in [0.2, 0.25) is 5.78 Å². The third-order valence-electron chi connectivity index (χ3n) is 3.04. The number of Topliss-reactive ketones (excluding diaryl/α,β-unsaturated/α-hetero) is 1. The van der Waals surface area contributed by atoms with E-state index in [4.69, 9.17) is 4.74 Å². The van der Waals surface area contributed by atoms with Gasteiger partial charge in [-0.15, -0.1) is 0 Å². The second kappa shape index (κ2) is 5.54. The fourth-order valence-electron chi connectivity index (χ4n) is 1.86. The number of ketones is 2. The van der Waals surface area contributed by atoms with Crippen LogP contribution in [0.1, 0.15) is 12.5 Å². The van der Waals surface area contributed by atoms with Crippen LogP contribution in [0.15, 0.2) is 51.5 Å². The van der Waals surface area contributed by atoms with Crippen LogP contribution in [0.5, 0.6) is 0 Å². The summed E-state index contributed by atoms with van der Waals surface area (Å²) >= 11 is 0. The van der Waals surface area contributed by atoms with Crippen LogP contribution < -0.4 is 0 Å². The maximum absolute atomic E-state index is 12.4. The van der Waals surface area contributed by atoms with E-state index in [0.29, 0.717) is 4.90 Å². The largest absolute Gasteiger partial charge is 0.492 e. The number of carbonyl (C=O) groups is 2. The Morgan fingerprint density at radius 3 is 2.20 bits per heavy atom. The Labute approximate surface area is 119 Å². The molecule has 0 fully saturated rings. The summed E-state index contributed by atoms with van der Waals surface area (Å²) in [5, 5.41) is 0.